The van der Waals surface area contributed by atoms with Gasteiger partial charge in [0.05, 0.1) is 5.69 Å². The van der Waals surface area contributed by atoms with Gasteiger partial charge in [-0.15, -0.1) is 11.3 Å². The normalized spacial score (nSPS) is 12.7. The van der Waals surface area contributed by atoms with Crippen molar-refractivity contribution in [3.63, 3.8) is 0 Å². The zero-order chi connectivity index (χ0) is 14.3. The Labute approximate surface area is 126 Å². The van der Waals surface area contributed by atoms with Crippen molar-refractivity contribution in [2.24, 2.45) is 0 Å². The molecule has 3 nitrogen and oxygen atoms in total. The fourth-order valence-electron chi connectivity index (χ4n) is 1.86. The highest BCUT2D eigenvalue weighted by Crippen LogP contribution is 2.27. The Kier molecular flexibility index (Phi) is 7.80. The molecule has 5 heteroatoms. The molecule has 0 aliphatic heterocycles. The van der Waals surface area contributed by atoms with Gasteiger partial charge < -0.3 is 10.2 Å². The average Bonchev–Trinajstić information content (AvgIpc) is 2.81. The first kappa shape index (κ1) is 16.8. The molecule has 1 atom stereocenters. The van der Waals surface area contributed by atoms with Crippen molar-refractivity contribution in [3.8, 4) is 0 Å². The smallest absolute Gasteiger partial charge is 0.185 e. The summed E-state index contributed by atoms with van der Waals surface area (Å²) in [7, 11) is 2.16. The Balaban J connectivity index is 2.74. The number of aryl methyl sites for hydroxylation is 1. The number of thiazole rings is 1. The molecule has 0 saturated heterocycles. The number of rotatable bonds is 9. The monoisotopic (exact) mass is 301 g/mol. The minimum absolute atomic E-state index is 0.530. The molecule has 1 heterocycles. The van der Waals surface area contributed by atoms with Crippen molar-refractivity contribution in [2.75, 3.05) is 30.5 Å². The molecule has 1 aromatic heterocycles. The van der Waals surface area contributed by atoms with Gasteiger partial charge in [0.15, 0.2) is 5.13 Å². The summed E-state index contributed by atoms with van der Waals surface area (Å²) >= 11 is 3.73. The van der Waals surface area contributed by atoms with E-state index < -0.39 is 0 Å². The molecule has 19 heavy (non-hydrogen) atoms. The highest BCUT2D eigenvalue weighted by molar-refractivity contribution is 7.98. The summed E-state index contributed by atoms with van der Waals surface area (Å²) in [5.74, 6) is 1.14. The predicted molar refractivity (Wildman–Crippen MR) is 89.7 cm³/mol. The minimum atomic E-state index is 0.530. The van der Waals surface area contributed by atoms with Crippen LogP contribution in [0.2, 0.25) is 0 Å². The van der Waals surface area contributed by atoms with Crippen molar-refractivity contribution >= 4 is 28.2 Å². The number of aromatic nitrogens is 1. The number of thioether (sulfide) groups is 1. The fraction of sp³-hybridized carbons (Fsp3) is 0.786. The van der Waals surface area contributed by atoms with Gasteiger partial charge in [0.2, 0.25) is 0 Å². The van der Waals surface area contributed by atoms with Crippen molar-refractivity contribution in [1.82, 2.24) is 10.3 Å². The highest BCUT2D eigenvalue weighted by atomic mass is 32.2. The number of nitrogens with zero attached hydrogens (tertiary/aromatic N) is 2. The Hall–Kier alpha value is -0.260. The molecular formula is C14H27N3S2. The first-order valence-electron chi connectivity index (χ1n) is 7.05. The van der Waals surface area contributed by atoms with Crippen LogP contribution in [0.15, 0.2) is 0 Å². The lowest BCUT2D eigenvalue weighted by molar-refractivity contribution is 0.676. The molecule has 1 rings (SSSR count). The molecule has 1 unspecified atom stereocenters. The van der Waals surface area contributed by atoms with Gasteiger partial charge in [0.1, 0.15) is 0 Å². The standard InChI is InChI=1S/C14H27N3S2/c1-6-8-15-9-13-12(7-2)16-14(19-13)17(4)11(3)10-18-5/h11,15H,6-10H2,1-5H3. The summed E-state index contributed by atoms with van der Waals surface area (Å²) in [4.78, 5) is 8.51. The Morgan fingerprint density at radius 3 is 2.74 bits per heavy atom. The van der Waals surface area contributed by atoms with Crippen LogP contribution in [0.5, 0.6) is 0 Å². The highest BCUT2D eigenvalue weighted by Gasteiger charge is 2.16. The van der Waals surface area contributed by atoms with E-state index >= 15 is 0 Å². The van der Waals surface area contributed by atoms with Gasteiger partial charge in [0.25, 0.3) is 0 Å². The molecule has 0 aliphatic carbocycles. The number of hydrogen-bond donors (Lipinski definition) is 1. The lowest BCUT2D eigenvalue weighted by Crippen LogP contribution is -2.30. The zero-order valence-corrected chi connectivity index (χ0v) is 14.5. The van der Waals surface area contributed by atoms with E-state index in [1.54, 1.807) is 0 Å². The van der Waals surface area contributed by atoms with Crippen LogP contribution in [0.4, 0.5) is 5.13 Å². The molecule has 0 spiro atoms. The maximum Gasteiger partial charge on any atom is 0.185 e. The van der Waals surface area contributed by atoms with Crippen molar-refractivity contribution in [2.45, 2.75) is 46.2 Å². The van der Waals surface area contributed by atoms with E-state index in [0.29, 0.717) is 6.04 Å². The lowest BCUT2D eigenvalue weighted by Gasteiger charge is -2.23. The molecule has 0 bridgehead atoms. The summed E-state index contributed by atoms with van der Waals surface area (Å²) in [6.07, 6.45) is 4.35. The lowest BCUT2D eigenvalue weighted by atomic mass is 10.3. The molecule has 0 fully saturated rings. The van der Waals surface area contributed by atoms with Gasteiger partial charge in [-0.2, -0.15) is 11.8 Å². The van der Waals surface area contributed by atoms with E-state index in [0.717, 1.165) is 30.4 Å². The number of nitrogens with one attached hydrogen (secondary N) is 1. The van der Waals surface area contributed by atoms with Crippen LogP contribution in [-0.2, 0) is 13.0 Å². The van der Waals surface area contributed by atoms with Crippen LogP contribution in [0, 0.1) is 0 Å². The van der Waals surface area contributed by atoms with Crippen LogP contribution in [0.1, 0.15) is 37.8 Å². The van der Waals surface area contributed by atoms with Crippen LogP contribution in [0.3, 0.4) is 0 Å². The third-order valence-corrected chi connectivity index (χ3v) is 5.19. The SMILES string of the molecule is CCCNCc1sc(N(C)C(C)CSC)nc1CC. The molecule has 1 N–H and O–H groups in total. The van der Waals surface area contributed by atoms with Gasteiger partial charge in [-0.1, -0.05) is 13.8 Å². The molecule has 0 radical (unpaired) electrons. The summed E-state index contributed by atoms with van der Waals surface area (Å²) < 4.78 is 0. The summed E-state index contributed by atoms with van der Waals surface area (Å²) in [5.41, 5.74) is 1.26. The molecule has 0 saturated carbocycles. The van der Waals surface area contributed by atoms with Crippen molar-refractivity contribution in [3.05, 3.63) is 10.6 Å². The van der Waals surface area contributed by atoms with Gasteiger partial charge in [0, 0.05) is 30.3 Å². The van der Waals surface area contributed by atoms with Gasteiger partial charge in [-0.05, 0) is 32.6 Å². The van der Waals surface area contributed by atoms with E-state index in [9.17, 15) is 0 Å². The first-order chi connectivity index (χ1) is 9.13. The maximum absolute atomic E-state index is 4.81. The topological polar surface area (TPSA) is 28.2 Å². The van der Waals surface area contributed by atoms with Crippen LogP contribution in [0.25, 0.3) is 0 Å². The predicted octanol–water partition coefficient (Wildman–Crippen LogP) is 3.39. The second-order valence-corrected chi connectivity index (χ2v) is 6.78. The second-order valence-electron chi connectivity index (χ2n) is 4.81. The molecule has 0 aliphatic rings. The zero-order valence-electron chi connectivity index (χ0n) is 12.8. The fourth-order valence-corrected chi connectivity index (χ4v) is 3.74. The Morgan fingerprint density at radius 2 is 2.16 bits per heavy atom. The van der Waals surface area contributed by atoms with E-state index in [1.165, 1.54) is 17.0 Å². The Morgan fingerprint density at radius 1 is 1.42 bits per heavy atom. The Bertz CT molecular complexity index is 366. The molecular weight excluding hydrogens is 274 g/mol. The van der Waals surface area contributed by atoms with Crippen molar-refractivity contribution < 1.29 is 0 Å². The number of anilines is 1. The quantitative estimate of drug-likeness (QED) is 0.708. The van der Waals surface area contributed by atoms with E-state index in [-0.39, 0.29) is 0 Å². The molecule has 0 aromatic carbocycles. The molecule has 110 valence electrons. The van der Waals surface area contributed by atoms with Crippen molar-refractivity contribution in [1.29, 1.82) is 0 Å². The van der Waals surface area contributed by atoms with Gasteiger partial charge in [-0.3, -0.25) is 0 Å². The molecule has 1 aromatic rings. The summed E-state index contributed by atoms with van der Waals surface area (Å²) in [5, 5.41) is 4.64. The maximum atomic E-state index is 4.81. The van der Waals surface area contributed by atoms with Crippen LogP contribution < -0.4 is 10.2 Å². The van der Waals surface area contributed by atoms with Crippen LogP contribution in [-0.4, -0.2) is 36.6 Å². The summed E-state index contributed by atoms with van der Waals surface area (Å²) in [6, 6.07) is 0.530. The minimum Gasteiger partial charge on any atom is -0.348 e. The van der Waals surface area contributed by atoms with Crippen LogP contribution >= 0.6 is 23.1 Å². The third-order valence-electron chi connectivity index (χ3n) is 3.18. The third kappa shape index (κ3) is 4.97. The summed E-state index contributed by atoms with van der Waals surface area (Å²) in [6.45, 7) is 8.68. The first-order valence-corrected chi connectivity index (χ1v) is 9.26. The average molecular weight is 302 g/mol. The van der Waals surface area contributed by atoms with E-state index in [2.05, 4.69) is 44.3 Å². The van der Waals surface area contributed by atoms with Gasteiger partial charge >= 0.3 is 0 Å². The largest absolute Gasteiger partial charge is 0.348 e. The molecule has 0 amide bonds. The second kappa shape index (κ2) is 8.82. The van der Waals surface area contributed by atoms with Gasteiger partial charge in [-0.25, -0.2) is 4.98 Å². The van der Waals surface area contributed by atoms with E-state index in [4.69, 9.17) is 4.98 Å². The van der Waals surface area contributed by atoms with E-state index in [1.807, 2.05) is 23.1 Å². The number of hydrogen-bond acceptors (Lipinski definition) is 5.